The van der Waals surface area contributed by atoms with Crippen LogP contribution in [0.2, 0.25) is 0 Å². The number of amides is 1. The molecule has 1 aliphatic rings. The van der Waals surface area contributed by atoms with E-state index in [4.69, 9.17) is 5.73 Å². The van der Waals surface area contributed by atoms with Crippen LogP contribution in [0.15, 0.2) is 54.6 Å². The van der Waals surface area contributed by atoms with Gasteiger partial charge < -0.3 is 5.73 Å². The number of likely N-dealkylation sites (tertiary alicyclic amines) is 1. The minimum atomic E-state index is -2.45. The molecule has 1 heterocycles. The van der Waals surface area contributed by atoms with Crippen LogP contribution in [0, 0.1) is 0 Å². The molecule has 2 N–H and O–H groups in total. The third kappa shape index (κ3) is 3.17. The van der Waals surface area contributed by atoms with Crippen molar-refractivity contribution in [2.45, 2.75) is 24.8 Å². The highest BCUT2D eigenvalue weighted by Gasteiger charge is 2.44. The van der Waals surface area contributed by atoms with Gasteiger partial charge in [-0.15, -0.1) is 0 Å². The van der Waals surface area contributed by atoms with E-state index in [-0.39, 0.29) is 11.5 Å². The first kappa shape index (κ1) is 16.6. The molecule has 1 fully saturated rings. The third-order valence-corrected chi connectivity index (χ3v) is 4.78. The predicted molar refractivity (Wildman–Crippen MR) is 88.6 cm³/mol. The molecule has 5 heteroatoms. The van der Waals surface area contributed by atoms with Gasteiger partial charge in [0, 0.05) is 18.7 Å². The highest BCUT2D eigenvalue weighted by molar-refractivity contribution is 5.87. The van der Waals surface area contributed by atoms with Crippen molar-refractivity contribution in [3.8, 4) is 0 Å². The summed E-state index contributed by atoms with van der Waals surface area (Å²) < 4.78 is 25.2. The average molecular weight is 330 g/mol. The topological polar surface area (TPSA) is 46.3 Å². The number of nitrogens with two attached hydrogens (primary N) is 1. The Morgan fingerprint density at radius 3 is 2.38 bits per heavy atom. The second-order valence-corrected chi connectivity index (χ2v) is 6.32. The lowest BCUT2D eigenvalue weighted by atomic mass is 9.79. The lowest BCUT2D eigenvalue weighted by Gasteiger charge is -2.26. The number of carbonyl (C=O) groups excluding carboxylic acids is 1. The summed E-state index contributed by atoms with van der Waals surface area (Å²) in [5, 5.41) is 0. The Bertz CT molecular complexity index is 703. The van der Waals surface area contributed by atoms with Gasteiger partial charge in [-0.05, 0) is 24.1 Å². The van der Waals surface area contributed by atoms with Crippen LogP contribution in [-0.2, 0) is 16.8 Å². The van der Waals surface area contributed by atoms with Crippen molar-refractivity contribution < 1.29 is 13.6 Å². The molecule has 2 aromatic carbocycles. The van der Waals surface area contributed by atoms with E-state index in [1.165, 1.54) is 12.1 Å². The predicted octanol–water partition coefficient (Wildman–Crippen LogP) is 3.25. The van der Waals surface area contributed by atoms with Crippen LogP contribution < -0.4 is 5.73 Å². The maximum atomic E-state index is 12.6. The van der Waals surface area contributed by atoms with Gasteiger partial charge in [0.25, 0.3) is 6.43 Å². The van der Waals surface area contributed by atoms with Crippen molar-refractivity contribution in [2.24, 2.45) is 5.73 Å². The van der Waals surface area contributed by atoms with Crippen LogP contribution >= 0.6 is 0 Å². The molecule has 0 spiro atoms. The van der Waals surface area contributed by atoms with Gasteiger partial charge in [-0.3, -0.25) is 9.69 Å². The Morgan fingerprint density at radius 2 is 1.79 bits per heavy atom. The quantitative estimate of drug-likeness (QED) is 0.915. The first-order valence-electron chi connectivity index (χ1n) is 7.96. The number of alkyl halides is 2. The number of halogens is 2. The molecule has 126 valence electrons. The van der Waals surface area contributed by atoms with Gasteiger partial charge in [-0.25, -0.2) is 8.78 Å². The molecule has 0 aromatic heterocycles. The van der Waals surface area contributed by atoms with Crippen molar-refractivity contribution in [1.82, 2.24) is 4.90 Å². The molecule has 2 aromatic rings. The number of rotatable bonds is 5. The number of carbonyl (C=O) groups is 1. The van der Waals surface area contributed by atoms with Crippen LogP contribution in [0.25, 0.3) is 0 Å². The maximum Gasteiger partial charge on any atom is 0.263 e. The van der Waals surface area contributed by atoms with E-state index in [2.05, 4.69) is 4.90 Å². The Balaban J connectivity index is 1.75. The smallest absolute Gasteiger partial charge is 0.263 e. The minimum Gasteiger partial charge on any atom is -0.369 e. The van der Waals surface area contributed by atoms with Gasteiger partial charge in [-0.1, -0.05) is 54.6 Å². The summed E-state index contributed by atoms with van der Waals surface area (Å²) in [6.45, 7) is 1.91. The highest BCUT2D eigenvalue weighted by Crippen LogP contribution is 2.35. The third-order valence-electron chi connectivity index (χ3n) is 4.78. The van der Waals surface area contributed by atoms with E-state index in [1.807, 2.05) is 30.3 Å². The lowest BCUT2D eigenvalue weighted by molar-refractivity contribution is -0.123. The second-order valence-electron chi connectivity index (χ2n) is 6.32. The molecule has 1 aliphatic heterocycles. The molecular formula is C19H20F2N2O. The summed E-state index contributed by atoms with van der Waals surface area (Å²) in [6.07, 6.45) is -1.78. The van der Waals surface area contributed by atoms with Crippen molar-refractivity contribution in [3.63, 3.8) is 0 Å². The lowest BCUT2D eigenvalue weighted by Crippen LogP contribution is -2.43. The molecule has 3 rings (SSSR count). The van der Waals surface area contributed by atoms with Gasteiger partial charge in [0.2, 0.25) is 5.91 Å². The van der Waals surface area contributed by atoms with E-state index in [9.17, 15) is 13.6 Å². The molecule has 24 heavy (non-hydrogen) atoms. The number of hydrogen-bond donors (Lipinski definition) is 1. The van der Waals surface area contributed by atoms with Crippen molar-refractivity contribution in [1.29, 1.82) is 0 Å². The molecule has 0 saturated carbocycles. The zero-order valence-electron chi connectivity index (χ0n) is 13.3. The van der Waals surface area contributed by atoms with Crippen LogP contribution in [0.1, 0.15) is 29.5 Å². The Morgan fingerprint density at radius 1 is 1.12 bits per heavy atom. The van der Waals surface area contributed by atoms with E-state index in [0.29, 0.717) is 19.5 Å². The van der Waals surface area contributed by atoms with Crippen molar-refractivity contribution >= 4 is 5.91 Å². The van der Waals surface area contributed by atoms with E-state index >= 15 is 0 Å². The summed E-state index contributed by atoms with van der Waals surface area (Å²) in [6, 6.07) is 15.9. The summed E-state index contributed by atoms with van der Waals surface area (Å²) >= 11 is 0. The zero-order valence-corrected chi connectivity index (χ0v) is 13.3. The first-order valence-corrected chi connectivity index (χ1v) is 7.96. The molecule has 3 nitrogen and oxygen atoms in total. The van der Waals surface area contributed by atoms with Gasteiger partial charge in [0.1, 0.15) is 0 Å². The van der Waals surface area contributed by atoms with Crippen LogP contribution in [0.4, 0.5) is 8.78 Å². The summed E-state index contributed by atoms with van der Waals surface area (Å²) in [7, 11) is 0. The molecule has 1 saturated heterocycles. The number of benzene rings is 2. The fourth-order valence-electron chi connectivity index (χ4n) is 3.39. The summed E-state index contributed by atoms with van der Waals surface area (Å²) in [5.74, 6) is -0.316. The molecule has 0 aliphatic carbocycles. The average Bonchev–Trinajstić information content (AvgIpc) is 3.01. The van der Waals surface area contributed by atoms with Crippen LogP contribution in [-0.4, -0.2) is 23.9 Å². The summed E-state index contributed by atoms with van der Waals surface area (Å²) in [5.41, 5.74) is 6.96. The molecule has 1 amide bonds. The van der Waals surface area contributed by atoms with E-state index in [1.54, 1.807) is 12.1 Å². The number of nitrogens with zero attached hydrogens (tertiary/aromatic N) is 1. The van der Waals surface area contributed by atoms with Gasteiger partial charge >= 0.3 is 0 Å². The zero-order chi connectivity index (χ0) is 17.2. The normalized spacial score (nSPS) is 21.3. The Kier molecular flexibility index (Phi) is 4.62. The standard InChI is InChI=1S/C19H20F2N2O/c20-17(21)15-8-6-14(7-9-15)12-23-11-10-19(13-23,18(22)24)16-4-2-1-3-5-16/h1-9,17H,10-13H2,(H2,22,24). The van der Waals surface area contributed by atoms with Crippen molar-refractivity contribution in [2.75, 3.05) is 13.1 Å². The van der Waals surface area contributed by atoms with Crippen molar-refractivity contribution in [3.05, 3.63) is 71.3 Å². The van der Waals surface area contributed by atoms with Crippen LogP contribution in [0.5, 0.6) is 0 Å². The van der Waals surface area contributed by atoms with E-state index < -0.39 is 11.8 Å². The SMILES string of the molecule is NC(=O)C1(c2ccccc2)CCN(Cc2ccc(C(F)F)cc2)C1. The number of primary amides is 1. The van der Waals surface area contributed by atoms with Crippen LogP contribution in [0.3, 0.4) is 0 Å². The molecule has 1 unspecified atom stereocenters. The molecule has 0 bridgehead atoms. The molecular weight excluding hydrogens is 310 g/mol. The fourth-order valence-corrected chi connectivity index (χ4v) is 3.39. The first-order chi connectivity index (χ1) is 11.5. The van der Waals surface area contributed by atoms with Gasteiger partial charge in [-0.2, -0.15) is 0 Å². The van der Waals surface area contributed by atoms with E-state index in [0.717, 1.165) is 17.7 Å². The summed E-state index contributed by atoms with van der Waals surface area (Å²) in [4.78, 5) is 14.3. The number of hydrogen-bond acceptors (Lipinski definition) is 2. The fraction of sp³-hybridized carbons (Fsp3) is 0.316. The monoisotopic (exact) mass is 330 g/mol. The molecule has 0 radical (unpaired) electrons. The maximum absolute atomic E-state index is 12.6. The highest BCUT2D eigenvalue weighted by atomic mass is 19.3. The Labute approximate surface area is 140 Å². The van der Waals surface area contributed by atoms with Gasteiger partial charge in [0.15, 0.2) is 0 Å². The second kappa shape index (κ2) is 6.69. The van der Waals surface area contributed by atoms with Gasteiger partial charge in [0.05, 0.1) is 5.41 Å². The molecule has 1 atom stereocenters. The Hall–Kier alpha value is -2.27. The largest absolute Gasteiger partial charge is 0.369 e. The minimum absolute atomic E-state index is 0.0240.